The molecule has 1 aliphatic rings. The topological polar surface area (TPSA) is 106 Å². The van der Waals surface area contributed by atoms with E-state index in [1.807, 2.05) is 30.5 Å². The van der Waals surface area contributed by atoms with E-state index in [1.54, 1.807) is 0 Å². The number of pyridine rings is 1. The normalized spacial score (nSPS) is 13.3. The van der Waals surface area contributed by atoms with Crippen LogP contribution < -0.4 is 39.6 Å². The maximum atomic E-state index is 11.2. The fourth-order valence-corrected chi connectivity index (χ4v) is 4.21. The fourth-order valence-electron chi connectivity index (χ4n) is 4.21. The van der Waals surface area contributed by atoms with Gasteiger partial charge in [-0.05, 0) is 55.2 Å². The average molecular weight is 448 g/mol. The van der Waals surface area contributed by atoms with Crippen LogP contribution >= 0.6 is 0 Å². The minimum Gasteiger partial charge on any atom is -0.870 e. The number of aryl methyl sites for hydroxylation is 1. The van der Waals surface area contributed by atoms with Crippen molar-refractivity contribution in [2.24, 2.45) is 0 Å². The second-order valence-corrected chi connectivity index (χ2v) is 7.92. The number of carboxylic acids is 1. The third-order valence-electron chi connectivity index (χ3n) is 5.70. The third kappa shape index (κ3) is 6.25. The van der Waals surface area contributed by atoms with E-state index in [-0.39, 0.29) is 47.5 Å². The van der Waals surface area contributed by atoms with Crippen LogP contribution in [0.25, 0.3) is 10.9 Å². The zero-order chi connectivity index (χ0) is 20.9. The van der Waals surface area contributed by atoms with Crippen molar-refractivity contribution in [2.45, 2.75) is 51.5 Å². The van der Waals surface area contributed by atoms with E-state index >= 15 is 0 Å². The molecule has 1 aliphatic heterocycles. The Labute approximate surface area is 210 Å². The van der Waals surface area contributed by atoms with Crippen molar-refractivity contribution < 1.29 is 49.7 Å². The van der Waals surface area contributed by atoms with E-state index in [9.17, 15) is 9.90 Å². The predicted molar refractivity (Wildman–Crippen MR) is 120 cm³/mol. The van der Waals surface area contributed by atoms with E-state index in [0.29, 0.717) is 6.61 Å². The van der Waals surface area contributed by atoms with Crippen LogP contribution in [0.5, 0.6) is 5.75 Å². The molecule has 1 atom stereocenters. The van der Waals surface area contributed by atoms with Crippen molar-refractivity contribution in [3.05, 3.63) is 53.9 Å². The van der Waals surface area contributed by atoms with Gasteiger partial charge in [0.05, 0.1) is 13.0 Å². The number of rotatable bonds is 9. The molecule has 2 aromatic heterocycles. The van der Waals surface area contributed by atoms with Gasteiger partial charge in [0.25, 0.3) is 0 Å². The first-order chi connectivity index (χ1) is 14.6. The van der Waals surface area contributed by atoms with Crippen LogP contribution in [0.1, 0.15) is 49.9 Å². The van der Waals surface area contributed by atoms with Crippen molar-refractivity contribution in [3.63, 3.8) is 0 Å². The Morgan fingerprint density at radius 3 is 2.91 bits per heavy atom. The Balaban J connectivity index is 0.00000181. The summed E-state index contributed by atoms with van der Waals surface area (Å²) >= 11 is 0. The van der Waals surface area contributed by atoms with Gasteiger partial charge in [-0.25, -0.2) is 4.98 Å². The summed E-state index contributed by atoms with van der Waals surface area (Å²) in [6.07, 6.45) is 6.93. The number of fused-ring (bicyclic) bond motifs is 2. The van der Waals surface area contributed by atoms with Crippen LogP contribution in [0, 0.1) is 0 Å². The van der Waals surface area contributed by atoms with Gasteiger partial charge in [0, 0.05) is 41.8 Å². The van der Waals surface area contributed by atoms with Crippen LogP contribution in [-0.2, 0) is 17.6 Å². The molecule has 0 radical (unpaired) electrons. The molecule has 1 aromatic carbocycles. The summed E-state index contributed by atoms with van der Waals surface area (Å²) < 4.78 is 8.06. The van der Waals surface area contributed by atoms with E-state index in [0.717, 1.165) is 66.8 Å². The van der Waals surface area contributed by atoms with Crippen molar-refractivity contribution in [3.8, 4) is 5.75 Å². The predicted octanol–water partition coefficient (Wildman–Crippen LogP) is 1.66. The molecule has 8 heteroatoms. The monoisotopic (exact) mass is 447 g/mol. The maximum absolute atomic E-state index is 11.2. The Kier molecular flexibility index (Phi) is 10.0. The number of aliphatic carboxylic acids is 1. The number of ether oxygens (including phenoxy) is 1. The largest absolute Gasteiger partial charge is 1.00 e. The molecule has 3 heterocycles. The first kappa shape index (κ1) is 26.2. The fraction of sp³-hybridized carbons (Fsp3) is 0.417. The van der Waals surface area contributed by atoms with Crippen molar-refractivity contribution >= 4 is 22.7 Å². The standard InChI is InChI=1S/C24H29N3O3.Na.H2O/c1-2-4-20(16-23(28)29)27-13-10-18-15-21(8-9-22(18)27)30-14-11-19-7-6-17-5-3-12-25-24(17)26-19;;/h6-10,13,15,20H,2-5,11-12,14,16H2,1H3,(H,25,26)(H,28,29);;1H2/q;+1;/p-1. The summed E-state index contributed by atoms with van der Waals surface area (Å²) in [5, 5.41) is 13.7. The van der Waals surface area contributed by atoms with Crippen molar-refractivity contribution in [1.82, 2.24) is 9.55 Å². The molecule has 32 heavy (non-hydrogen) atoms. The van der Waals surface area contributed by atoms with Gasteiger partial charge in [-0.15, -0.1) is 0 Å². The Morgan fingerprint density at radius 1 is 1.28 bits per heavy atom. The van der Waals surface area contributed by atoms with Crippen molar-refractivity contribution in [1.29, 1.82) is 0 Å². The number of benzene rings is 1. The van der Waals surface area contributed by atoms with Gasteiger partial charge >= 0.3 is 35.5 Å². The molecule has 0 saturated heterocycles. The molecule has 0 fully saturated rings. The number of carboxylic acid groups (broad SMARTS) is 1. The molecule has 4 rings (SSSR count). The Bertz CT molecular complexity index is 1040. The molecule has 3 N–H and O–H groups in total. The number of carbonyl (C=O) groups is 1. The molecule has 0 spiro atoms. The number of aromatic nitrogens is 2. The molecule has 3 aromatic rings. The summed E-state index contributed by atoms with van der Waals surface area (Å²) in [5.74, 6) is 1.08. The number of hydrogen-bond acceptors (Lipinski definition) is 5. The van der Waals surface area contributed by atoms with Gasteiger partial charge in [-0.2, -0.15) is 0 Å². The molecule has 1 unspecified atom stereocenters. The van der Waals surface area contributed by atoms with Crippen LogP contribution in [0.4, 0.5) is 5.82 Å². The average Bonchev–Trinajstić information content (AvgIpc) is 3.16. The molecular weight excluding hydrogens is 417 g/mol. The zero-order valence-corrected chi connectivity index (χ0v) is 20.9. The van der Waals surface area contributed by atoms with Crippen LogP contribution in [0.2, 0.25) is 0 Å². The van der Waals surface area contributed by atoms with Gasteiger partial charge in [-0.1, -0.05) is 19.4 Å². The van der Waals surface area contributed by atoms with Gasteiger partial charge < -0.3 is 25.2 Å². The van der Waals surface area contributed by atoms with Crippen LogP contribution in [-0.4, -0.2) is 39.3 Å². The van der Waals surface area contributed by atoms with E-state index in [2.05, 4.69) is 28.9 Å². The minimum absolute atomic E-state index is 0. The number of nitrogens with zero attached hydrogens (tertiary/aromatic N) is 2. The maximum Gasteiger partial charge on any atom is 1.00 e. The van der Waals surface area contributed by atoms with E-state index < -0.39 is 5.97 Å². The minimum atomic E-state index is -0.763. The summed E-state index contributed by atoms with van der Waals surface area (Å²) in [6.45, 7) is 3.64. The second-order valence-electron chi connectivity index (χ2n) is 7.92. The van der Waals surface area contributed by atoms with E-state index in [4.69, 9.17) is 9.72 Å². The number of nitrogens with one attached hydrogen (secondary N) is 1. The van der Waals surface area contributed by atoms with Crippen molar-refractivity contribution in [2.75, 3.05) is 18.5 Å². The Morgan fingerprint density at radius 2 is 2.12 bits per heavy atom. The Hall–Kier alpha value is -2.06. The molecular formula is C24H30N3NaO4. The summed E-state index contributed by atoms with van der Waals surface area (Å²) in [6, 6.07) is 12.3. The molecule has 166 valence electrons. The SMILES string of the molecule is CCCC(CC(=O)O)n1ccc2cc(OCCc3ccc4c(n3)NCCC4)ccc21.[Na+].[OH-]. The first-order valence-corrected chi connectivity index (χ1v) is 10.8. The van der Waals surface area contributed by atoms with Gasteiger partial charge in [0.15, 0.2) is 0 Å². The molecule has 0 amide bonds. The smallest absolute Gasteiger partial charge is 0.870 e. The van der Waals surface area contributed by atoms with Crippen LogP contribution in [0.3, 0.4) is 0 Å². The third-order valence-corrected chi connectivity index (χ3v) is 5.70. The van der Waals surface area contributed by atoms with Gasteiger partial charge in [0.1, 0.15) is 11.6 Å². The second kappa shape index (κ2) is 12.3. The summed E-state index contributed by atoms with van der Waals surface area (Å²) in [4.78, 5) is 16.0. The quantitative estimate of drug-likeness (QED) is 0.483. The first-order valence-electron chi connectivity index (χ1n) is 10.8. The number of hydrogen-bond donors (Lipinski definition) is 2. The zero-order valence-electron chi connectivity index (χ0n) is 18.9. The molecule has 0 saturated carbocycles. The van der Waals surface area contributed by atoms with Gasteiger partial charge in [0.2, 0.25) is 0 Å². The van der Waals surface area contributed by atoms with Crippen LogP contribution in [0.15, 0.2) is 42.6 Å². The molecule has 7 nitrogen and oxygen atoms in total. The van der Waals surface area contributed by atoms with Gasteiger partial charge in [-0.3, -0.25) is 4.79 Å². The summed E-state index contributed by atoms with van der Waals surface area (Å²) in [5.41, 5.74) is 3.38. The molecule has 0 aliphatic carbocycles. The summed E-state index contributed by atoms with van der Waals surface area (Å²) in [7, 11) is 0. The number of anilines is 1. The van der Waals surface area contributed by atoms with E-state index in [1.165, 1.54) is 5.56 Å². The molecule has 0 bridgehead atoms.